The molecule has 0 radical (unpaired) electrons. The van der Waals surface area contributed by atoms with Gasteiger partial charge in [0.05, 0.1) is 11.2 Å². The van der Waals surface area contributed by atoms with Crippen molar-refractivity contribution >= 4 is 10.9 Å². The molecule has 4 nitrogen and oxygen atoms in total. The molecule has 2 heterocycles. The van der Waals surface area contributed by atoms with E-state index in [0.717, 1.165) is 43.9 Å². The summed E-state index contributed by atoms with van der Waals surface area (Å²) in [7, 11) is 2.18. The number of nitrogens with one attached hydrogen (secondary N) is 1. The van der Waals surface area contributed by atoms with Gasteiger partial charge in [0.15, 0.2) is 0 Å². The molecule has 1 saturated heterocycles. The number of piperazine rings is 1. The molecular formula is C17H24N4. The van der Waals surface area contributed by atoms with Crippen molar-refractivity contribution in [2.24, 2.45) is 0 Å². The van der Waals surface area contributed by atoms with Crippen molar-refractivity contribution in [1.29, 1.82) is 0 Å². The largest absolute Gasteiger partial charge is 0.314 e. The number of likely N-dealkylation sites (N-methyl/N-ethyl adjacent to an activating group) is 1. The van der Waals surface area contributed by atoms with E-state index in [2.05, 4.69) is 52.5 Å². The summed E-state index contributed by atoms with van der Waals surface area (Å²) in [6.07, 6.45) is 0. The summed E-state index contributed by atoms with van der Waals surface area (Å²) < 4.78 is 0. The number of fused-ring (bicyclic) bond motifs is 1. The van der Waals surface area contributed by atoms with Gasteiger partial charge in [0.25, 0.3) is 0 Å². The number of aromatic nitrogens is 1. The van der Waals surface area contributed by atoms with E-state index in [0.29, 0.717) is 0 Å². The molecule has 1 aliphatic rings. The number of pyridine rings is 1. The van der Waals surface area contributed by atoms with E-state index in [1.54, 1.807) is 0 Å². The topological polar surface area (TPSA) is 31.4 Å². The molecule has 0 aliphatic carbocycles. The molecule has 0 saturated carbocycles. The van der Waals surface area contributed by atoms with Gasteiger partial charge in [0.2, 0.25) is 0 Å². The Bertz CT molecular complexity index is 578. The van der Waals surface area contributed by atoms with Crippen LogP contribution in [0.1, 0.15) is 5.69 Å². The lowest BCUT2D eigenvalue weighted by molar-refractivity contribution is 0.201. The Hall–Kier alpha value is -1.49. The van der Waals surface area contributed by atoms with Gasteiger partial charge in [-0.1, -0.05) is 24.3 Å². The van der Waals surface area contributed by atoms with Gasteiger partial charge < -0.3 is 5.32 Å². The quantitative estimate of drug-likeness (QED) is 0.903. The maximum Gasteiger partial charge on any atom is 0.0705 e. The number of para-hydroxylation sites is 1. The lowest BCUT2D eigenvalue weighted by Crippen LogP contribution is -2.45. The van der Waals surface area contributed by atoms with Crippen LogP contribution in [0.15, 0.2) is 36.4 Å². The van der Waals surface area contributed by atoms with Crippen molar-refractivity contribution in [1.82, 2.24) is 20.1 Å². The minimum atomic E-state index is 0.914. The van der Waals surface area contributed by atoms with Crippen molar-refractivity contribution in [2.75, 3.05) is 46.3 Å². The third kappa shape index (κ3) is 4.00. The summed E-state index contributed by atoms with van der Waals surface area (Å²) in [5.74, 6) is 0. The molecule has 112 valence electrons. The smallest absolute Gasteiger partial charge is 0.0705 e. The van der Waals surface area contributed by atoms with Gasteiger partial charge in [-0.05, 0) is 19.2 Å². The molecule has 1 aliphatic heterocycles. The molecule has 1 aromatic heterocycles. The highest BCUT2D eigenvalue weighted by Gasteiger charge is 2.10. The van der Waals surface area contributed by atoms with Crippen LogP contribution in [-0.2, 0) is 6.54 Å². The molecule has 1 aromatic carbocycles. The van der Waals surface area contributed by atoms with Gasteiger partial charge in [0.1, 0.15) is 0 Å². The lowest BCUT2D eigenvalue weighted by Gasteiger charge is -2.29. The number of hydrogen-bond acceptors (Lipinski definition) is 4. The highest BCUT2D eigenvalue weighted by atomic mass is 15.2. The third-order valence-electron chi connectivity index (χ3n) is 4.10. The van der Waals surface area contributed by atoms with Crippen LogP contribution >= 0.6 is 0 Å². The van der Waals surface area contributed by atoms with Crippen molar-refractivity contribution in [3.8, 4) is 0 Å². The maximum atomic E-state index is 4.74. The van der Waals surface area contributed by atoms with E-state index in [1.807, 2.05) is 6.07 Å². The van der Waals surface area contributed by atoms with E-state index in [4.69, 9.17) is 4.98 Å². The van der Waals surface area contributed by atoms with Gasteiger partial charge in [-0.25, -0.2) is 0 Å². The first-order valence-electron chi connectivity index (χ1n) is 7.77. The summed E-state index contributed by atoms with van der Waals surface area (Å²) in [5.41, 5.74) is 2.24. The summed E-state index contributed by atoms with van der Waals surface area (Å²) in [5, 5.41) is 4.61. The van der Waals surface area contributed by atoms with E-state index < -0.39 is 0 Å². The van der Waals surface area contributed by atoms with E-state index >= 15 is 0 Å². The van der Waals surface area contributed by atoms with Crippen LogP contribution in [0.3, 0.4) is 0 Å². The Kier molecular flexibility index (Phi) is 4.80. The fraction of sp³-hybridized carbons (Fsp3) is 0.471. The second kappa shape index (κ2) is 6.98. The second-order valence-corrected chi connectivity index (χ2v) is 5.82. The Labute approximate surface area is 126 Å². The molecule has 0 atom stereocenters. The van der Waals surface area contributed by atoms with Crippen molar-refractivity contribution in [2.45, 2.75) is 6.54 Å². The Morgan fingerprint density at radius 3 is 2.81 bits per heavy atom. The SMILES string of the molecule is CN(CCN1CCNCC1)Cc1ccc2ccccc2n1. The summed E-state index contributed by atoms with van der Waals surface area (Å²) in [6.45, 7) is 7.73. The van der Waals surface area contributed by atoms with Gasteiger partial charge in [-0.2, -0.15) is 0 Å². The molecule has 3 rings (SSSR count). The molecule has 2 aromatic rings. The summed E-state index contributed by atoms with van der Waals surface area (Å²) in [6, 6.07) is 12.6. The predicted octanol–water partition coefficient (Wildman–Crippen LogP) is 1.57. The second-order valence-electron chi connectivity index (χ2n) is 5.82. The van der Waals surface area contributed by atoms with Gasteiger partial charge in [-0.15, -0.1) is 0 Å². The van der Waals surface area contributed by atoms with Crippen LogP contribution in [-0.4, -0.2) is 61.1 Å². The number of rotatable bonds is 5. The number of benzene rings is 1. The first-order valence-corrected chi connectivity index (χ1v) is 7.77. The van der Waals surface area contributed by atoms with Gasteiger partial charge >= 0.3 is 0 Å². The zero-order valence-electron chi connectivity index (χ0n) is 12.8. The van der Waals surface area contributed by atoms with Crippen LogP contribution in [0, 0.1) is 0 Å². The van der Waals surface area contributed by atoms with Gasteiger partial charge in [-0.3, -0.25) is 14.8 Å². The average Bonchev–Trinajstić information content (AvgIpc) is 2.54. The molecule has 1 fully saturated rings. The molecule has 4 heteroatoms. The molecule has 0 spiro atoms. The molecule has 0 unspecified atom stereocenters. The Balaban J connectivity index is 1.54. The van der Waals surface area contributed by atoms with Crippen molar-refractivity contribution < 1.29 is 0 Å². The van der Waals surface area contributed by atoms with E-state index in [-0.39, 0.29) is 0 Å². The van der Waals surface area contributed by atoms with Crippen LogP contribution in [0.4, 0.5) is 0 Å². The van der Waals surface area contributed by atoms with Gasteiger partial charge in [0, 0.05) is 51.2 Å². The average molecular weight is 284 g/mol. The van der Waals surface area contributed by atoms with Crippen molar-refractivity contribution in [3.05, 3.63) is 42.1 Å². The minimum Gasteiger partial charge on any atom is -0.314 e. The Morgan fingerprint density at radius 2 is 1.95 bits per heavy atom. The standard InChI is InChI=1S/C17H24N4/c1-20(12-13-21-10-8-18-9-11-21)14-16-7-6-15-4-2-3-5-17(15)19-16/h2-7,18H,8-14H2,1H3. The van der Waals surface area contributed by atoms with Crippen LogP contribution < -0.4 is 5.32 Å². The lowest BCUT2D eigenvalue weighted by atomic mass is 10.2. The summed E-state index contributed by atoms with van der Waals surface area (Å²) in [4.78, 5) is 9.63. The first kappa shape index (κ1) is 14.4. The van der Waals surface area contributed by atoms with E-state index in [1.165, 1.54) is 18.5 Å². The summed E-state index contributed by atoms with van der Waals surface area (Å²) >= 11 is 0. The number of hydrogen-bond donors (Lipinski definition) is 1. The van der Waals surface area contributed by atoms with Crippen LogP contribution in [0.2, 0.25) is 0 Å². The highest BCUT2D eigenvalue weighted by molar-refractivity contribution is 5.78. The van der Waals surface area contributed by atoms with Crippen molar-refractivity contribution in [3.63, 3.8) is 0 Å². The highest BCUT2D eigenvalue weighted by Crippen LogP contribution is 2.12. The molecule has 0 bridgehead atoms. The fourth-order valence-electron chi connectivity index (χ4n) is 2.80. The zero-order chi connectivity index (χ0) is 14.5. The third-order valence-corrected chi connectivity index (χ3v) is 4.10. The normalized spacial score (nSPS) is 16.7. The maximum absolute atomic E-state index is 4.74. The molecule has 0 amide bonds. The molecule has 1 N–H and O–H groups in total. The van der Waals surface area contributed by atoms with Crippen LogP contribution in [0.5, 0.6) is 0 Å². The van der Waals surface area contributed by atoms with E-state index in [9.17, 15) is 0 Å². The molecular weight excluding hydrogens is 260 g/mol. The zero-order valence-corrected chi connectivity index (χ0v) is 12.8. The first-order chi connectivity index (χ1) is 10.3. The van der Waals surface area contributed by atoms with Crippen LogP contribution in [0.25, 0.3) is 10.9 Å². The predicted molar refractivity (Wildman–Crippen MR) is 87.4 cm³/mol. The number of nitrogens with zero attached hydrogens (tertiary/aromatic N) is 3. The monoisotopic (exact) mass is 284 g/mol. The Morgan fingerprint density at radius 1 is 1.14 bits per heavy atom. The molecule has 21 heavy (non-hydrogen) atoms. The minimum absolute atomic E-state index is 0.914. The fourth-order valence-corrected chi connectivity index (χ4v) is 2.80.